The molecule has 0 atom stereocenters. The maximum atomic E-state index is 9.19. The smallest absolute Gasteiger partial charge is 0.261 e. The van der Waals surface area contributed by atoms with E-state index >= 15 is 0 Å². The summed E-state index contributed by atoms with van der Waals surface area (Å²) in [5.74, 6) is 3.48. The third-order valence-corrected chi connectivity index (χ3v) is 12.9. The number of hydrogen-bond donors (Lipinski definition) is 2. The Morgan fingerprint density at radius 2 is 0.891 bits per heavy atom. The van der Waals surface area contributed by atoms with E-state index < -0.39 is 20.2 Å². The van der Waals surface area contributed by atoms with Gasteiger partial charge in [-0.2, -0.15) is 16.8 Å². The lowest BCUT2D eigenvalue weighted by Gasteiger charge is -2.40. The summed E-state index contributed by atoms with van der Waals surface area (Å²) in [4.78, 5) is 14.4. The van der Waals surface area contributed by atoms with E-state index in [4.69, 9.17) is 18.6 Å². The summed E-state index contributed by atoms with van der Waals surface area (Å²) in [6.07, 6.45) is 14.5. The van der Waals surface area contributed by atoms with E-state index in [1.165, 1.54) is 117 Å². The van der Waals surface area contributed by atoms with Gasteiger partial charge in [0.2, 0.25) is 0 Å². The third-order valence-electron chi connectivity index (χ3n) is 12.9. The Bertz CT molecular complexity index is 2940. The number of fused-ring (bicyclic) bond motifs is 10. The second kappa shape index (κ2) is 19.0. The highest BCUT2D eigenvalue weighted by atomic mass is 32.2. The molecule has 4 aromatic heterocycles. The van der Waals surface area contributed by atoms with E-state index in [1.807, 2.05) is 24.8 Å². The van der Waals surface area contributed by atoms with Gasteiger partial charge in [-0.1, -0.05) is 12.1 Å². The second-order valence-electron chi connectivity index (χ2n) is 17.0. The van der Waals surface area contributed by atoms with Crippen LogP contribution in [0.15, 0.2) is 97.6 Å². The van der Waals surface area contributed by atoms with Gasteiger partial charge in [-0.15, -0.1) is 0 Å². The Morgan fingerprint density at radius 3 is 1.25 bits per heavy atom. The van der Waals surface area contributed by atoms with Crippen LogP contribution in [0.2, 0.25) is 0 Å². The zero-order valence-electron chi connectivity index (χ0n) is 36.7. The molecule has 2 aliphatic heterocycles. The summed E-state index contributed by atoms with van der Waals surface area (Å²) >= 11 is 0. The minimum Gasteiger partial charge on any atom is -0.497 e. The van der Waals surface area contributed by atoms with Gasteiger partial charge < -0.3 is 28.4 Å². The maximum absolute atomic E-state index is 9.19. The summed E-state index contributed by atoms with van der Waals surface area (Å²) < 4.78 is 68.1. The molecule has 2 fully saturated rings. The minimum atomic E-state index is -3.67. The van der Waals surface area contributed by atoms with Gasteiger partial charge in [0.05, 0.1) is 26.7 Å². The van der Waals surface area contributed by atoms with Crippen molar-refractivity contribution in [3.8, 4) is 11.5 Å². The van der Waals surface area contributed by atoms with Gasteiger partial charge in [-0.3, -0.25) is 19.1 Å². The zero-order chi connectivity index (χ0) is 45.2. The molecule has 8 aromatic rings. The molecule has 0 saturated carbocycles. The van der Waals surface area contributed by atoms with E-state index in [0.717, 1.165) is 49.5 Å². The lowest BCUT2D eigenvalue weighted by atomic mass is 9.79. The van der Waals surface area contributed by atoms with Crippen LogP contribution in [0, 0.1) is 11.8 Å². The van der Waals surface area contributed by atoms with E-state index in [0.29, 0.717) is 12.5 Å². The van der Waals surface area contributed by atoms with Crippen LogP contribution in [0.5, 0.6) is 11.5 Å². The molecule has 0 radical (unpaired) electrons. The molecule has 0 unspecified atom stereocenters. The lowest BCUT2D eigenvalue weighted by molar-refractivity contribution is 0.0940. The number of ether oxygens (including phenoxy) is 2. The first-order valence-corrected chi connectivity index (χ1v) is 25.3. The molecule has 0 spiro atoms. The van der Waals surface area contributed by atoms with Gasteiger partial charge in [0, 0.05) is 105 Å². The van der Waals surface area contributed by atoms with Crippen molar-refractivity contribution in [1.82, 2.24) is 28.9 Å². The monoisotopic (exact) mass is 908 g/mol. The van der Waals surface area contributed by atoms with Gasteiger partial charge in [-0.05, 0) is 135 Å². The Morgan fingerprint density at radius 1 is 0.531 bits per heavy atom. The van der Waals surface area contributed by atoms with E-state index in [1.54, 1.807) is 14.2 Å². The van der Waals surface area contributed by atoms with Crippen molar-refractivity contribution >= 4 is 85.4 Å². The largest absolute Gasteiger partial charge is 0.497 e. The van der Waals surface area contributed by atoms with Crippen molar-refractivity contribution in [2.24, 2.45) is 11.8 Å². The molecule has 0 aliphatic carbocycles. The topological polar surface area (TPSA) is 169 Å². The van der Waals surface area contributed by atoms with Crippen molar-refractivity contribution in [2.45, 2.75) is 38.8 Å². The molecular formula is C48H56N6O8S2. The fourth-order valence-corrected chi connectivity index (χ4v) is 9.99. The summed E-state index contributed by atoms with van der Waals surface area (Å²) in [5.41, 5.74) is 5.11. The molecule has 2 aliphatic rings. The number of aromatic nitrogens is 4. The fraction of sp³-hybridized carbons (Fsp3) is 0.375. The average Bonchev–Trinajstić information content (AvgIpc) is 3.78. The molecule has 2 N–H and O–H groups in total. The van der Waals surface area contributed by atoms with E-state index in [2.05, 4.69) is 102 Å². The molecular weight excluding hydrogens is 853 g/mol. The first kappa shape index (κ1) is 45.2. The number of hydrogen-bond acceptors (Lipinski definition) is 10. The molecule has 16 heteroatoms. The Kier molecular flexibility index (Phi) is 13.4. The van der Waals surface area contributed by atoms with Crippen molar-refractivity contribution in [3.63, 3.8) is 0 Å². The first-order valence-electron chi connectivity index (χ1n) is 21.6. The summed E-state index contributed by atoms with van der Waals surface area (Å²) in [5, 5.41) is 9.91. The fourth-order valence-electron chi connectivity index (χ4n) is 9.99. The normalized spacial score (nSPS) is 16.0. The van der Waals surface area contributed by atoms with Crippen molar-refractivity contribution in [1.29, 1.82) is 0 Å². The van der Waals surface area contributed by atoms with Gasteiger partial charge in [0.1, 0.15) is 11.5 Å². The van der Waals surface area contributed by atoms with Gasteiger partial charge in [0.25, 0.3) is 20.2 Å². The molecule has 10 rings (SSSR count). The van der Waals surface area contributed by atoms with E-state index in [-0.39, 0.29) is 0 Å². The van der Waals surface area contributed by atoms with Crippen molar-refractivity contribution in [3.05, 3.63) is 97.6 Å². The summed E-state index contributed by atoms with van der Waals surface area (Å²) in [6, 6.07) is 26.3. The lowest BCUT2D eigenvalue weighted by Crippen LogP contribution is -2.42. The average molecular weight is 909 g/mol. The first-order chi connectivity index (χ1) is 30.7. The molecule has 0 amide bonds. The third kappa shape index (κ3) is 10.3. The zero-order valence-corrected chi connectivity index (χ0v) is 38.4. The highest BCUT2D eigenvalue weighted by Crippen LogP contribution is 2.39. The Balaban J connectivity index is 0.000000508. The molecule has 4 aromatic carbocycles. The predicted octanol–water partition coefficient (Wildman–Crippen LogP) is 8.15. The van der Waals surface area contributed by atoms with Crippen LogP contribution >= 0.6 is 0 Å². The molecule has 2 saturated heterocycles. The standard InChI is InChI=1S/C46H48N6O2.2CH4O3S/c1-53-35-5-9-41-37(27-35)45-39-29-47-17-11-33(39)3-7-43(45)51(41)25-23-49-19-13-31(14-20-49)32-15-21-50(22-16-32)24-26-52-42-10-6-36(54-2)28-38(42)46-40-30-48-18-12-34(40)4-8-44(46)52;2*1-5(2,3)4/h3-12,17-18,27-32H,13-16,19-26H2,1-2H3;2*1H3,(H,2,3,4). The van der Waals surface area contributed by atoms with Crippen LogP contribution in [-0.4, -0.2) is 121 Å². The number of nitrogens with zero attached hydrogens (tertiary/aromatic N) is 6. The van der Waals surface area contributed by atoms with Gasteiger partial charge in [-0.25, -0.2) is 0 Å². The number of piperidine rings is 2. The molecule has 338 valence electrons. The quantitative estimate of drug-likeness (QED) is 0.134. The van der Waals surface area contributed by atoms with Crippen molar-refractivity contribution < 1.29 is 35.4 Å². The molecule has 0 bridgehead atoms. The van der Waals surface area contributed by atoms with Crippen LogP contribution in [0.3, 0.4) is 0 Å². The van der Waals surface area contributed by atoms with Crippen LogP contribution in [0.4, 0.5) is 0 Å². The van der Waals surface area contributed by atoms with E-state index in [9.17, 15) is 16.8 Å². The highest BCUT2D eigenvalue weighted by Gasteiger charge is 2.30. The number of methoxy groups -OCH3 is 2. The van der Waals surface area contributed by atoms with Crippen LogP contribution in [0.25, 0.3) is 65.2 Å². The second-order valence-corrected chi connectivity index (χ2v) is 19.9. The predicted molar refractivity (Wildman–Crippen MR) is 256 cm³/mol. The van der Waals surface area contributed by atoms with Gasteiger partial charge >= 0.3 is 0 Å². The Labute approximate surface area is 373 Å². The summed E-state index contributed by atoms with van der Waals surface area (Å²) in [6.45, 7) is 8.90. The molecule has 6 heterocycles. The maximum Gasteiger partial charge on any atom is 0.261 e. The summed E-state index contributed by atoms with van der Waals surface area (Å²) in [7, 11) is -3.84. The van der Waals surface area contributed by atoms with Gasteiger partial charge in [0.15, 0.2) is 0 Å². The number of likely N-dealkylation sites (tertiary alicyclic amines) is 2. The Hall–Kier alpha value is -5.36. The SMILES string of the molecule is COc1ccc2c(c1)c1c3cnccc3ccc1n2CCN1CCC(C2CCN(CCn3c4ccc(OC)cc4c4c5cnccc5ccc43)CC2)CC1.CS(=O)(=O)O.CS(=O)(=O)O. The van der Waals surface area contributed by atoms with Crippen molar-refractivity contribution in [2.75, 3.05) is 66.0 Å². The van der Waals surface area contributed by atoms with Crippen LogP contribution in [0.1, 0.15) is 25.7 Å². The molecule has 64 heavy (non-hydrogen) atoms. The number of benzene rings is 4. The van der Waals surface area contributed by atoms with Crippen LogP contribution < -0.4 is 9.47 Å². The minimum absolute atomic E-state index is 0.715. The molecule has 14 nitrogen and oxygen atoms in total. The number of pyridine rings is 2. The highest BCUT2D eigenvalue weighted by molar-refractivity contribution is 7.85. The number of rotatable bonds is 9. The van der Waals surface area contributed by atoms with Crippen LogP contribution in [-0.2, 0) is 33.3 Å².